The predicted molar refractivity (Wildman–Crippen MR) is 66.4 cm³/mol. The van der Waals surface area contributed by atoms with Crippen molar-refractivity contribution in [2.45, 2.75) is 6.92 Å². The summed E-state index contributed by atoms with van der Waals surface area (Å²) >= 11 is 0. The normalized spacial score (nSPS) is 10.3. The molecule has 2 rings (SSSR count). The topological polar surface area (TPSA) is 84.7 Å². The molecule has 1 aromatic heterocycles. The summed E-state index contributed by atoms with van der Waals surface area (Å²) in [6, 6.07) is 5.56. The molecule has 0 aliphatic rings. The monoisotopic (exact) mass is 246 g/mol. The third kappa shape index (κ3) is 2.69. The first-order valence-corrected chi connectivity index (χ1v) is 5.49. The van der Waals surface area contributed by atoms with E-state index < -0.39 is 0 Å². The zero-order valence-electron chi connectivity index (χ0n) is 10.2. The molecule has 1 heterocycles. The number of carbonyl (C=O) groups is 1. The van der Waals surface area contributed by atoms with Crippen LogP contribution in [0.5, 0.6) is 0 Å². The Morgan fingerprint density at radius 1 is 1.44 bits per heavy atom. The van der Waals surface area contributed by atoms with Crippen LogP contribution in [0.3, 0.4) is 0 Å². The zero-order valence-corrected chi connectivity index (χ0v) is 10.2. The fourth-order valence-corrected chi connectivity index (χ4v) is 1.63. The van der Waals surface area contributed by atoms with Crippen LogP contribution >= 0.6 is 0 Å². The number of hydrogen-bond acceptors (Lipinski definition) is 5. The summed E-state index contributed by atoms with van der Waals surface area (Å²) in [6.07, 6.45) is 1.53. The molecule has 7 nitrogen and oxygen atoms in total. The average molecular weight is 246 g/mol. The van der Waals surface area contributed by atoms with Crippen molar-refractivity contribution in [1.29, 1.82) is 0 Å². The van der Waals surface area contributed by atoms with Gasteiger partial charge in [0.25, 0.3) is 0 Å². The highest BCUT2D eigenvalue weighted by Crippen LogP contribution is 2.17. The lowest BCUT2D eigenvalue weighted by molar-refractivity contribution is -0.115. The molecule has 0 spiro atoms. The first-order chi connectivity index (χ1) is 8.70. The number of aromatic nitrogens is 4. The molecule has 94 valence electrons. The van der Waals surface area contributed by atoms with Gasteiger partial charge in [-0.1, -0.05) is 0 Å². The van der Waals surface area contributed by atoms with Gasteiger partial charge in [0, 0.05) is 5.69 Å². The number of anilines is 1. The third-order valence-corrected chi connectivity index (χ3v) is 2.41. The molecule has 0 aliphatic carbocycles. The van der Waals surface area contributed by atoms with Crippen molar-refractivity contribution in [2.24, 2.45) is 0 Å². The fraction of sp³-hybridized carbons (Fsp3) is 0.273. The lowest BCUT2D eigenvalue weighted by atomic mass is 10.2. The highest BCUT2D eigenvalue weighted by Gasteiger charge is 2.05. The van der Waals surface area contributed by atoms with Gasteiger partial charge in [0.05, 0.1) is 12.2 Å². The summed E-state index contributed by atoms with van der Waals surface area (Å²) in [5.74, 6) is -0.0768. The van der Waals surface area contributed by atoms with Crippen LogP contribution in [0, 0.1) is 6.92 Å². The molecule has 7 heteroatoms. The molecule has 2 N–H and O–H groups in total. The van der Waals surface area contributed by atoms with Crippen LogP contribution < -0.4 is 10.6 Å². The second-order valence-electron chi connectivity index (χ2n) is 3.83. The second-order valence-corrected chi connectivity index (χ2v) is 3.83. The number of benzene rings is 1. The smallest absolute Gasteiger partial charge is 0.238 e. The quantitative estimate of drug-likeness (QED) is 0.801. The molecule has 18 heavy (non-hydrogen) atoms. The summed E-state index contributed by atoms with van der Waals surface area (Å²) in [6.45, 7) is 2.22. The number of aryl methyl sites for hydroxylation is 1. The van der Waals surface area contributed by atoms with Crippen molar-refractivity contribution in [3.8, 4) is 5.69 Å². The van der Waals surface area contributed by atoms with Crippen LogP contribution in [0.25, 0.3) is 5.69 Å². The Morgan fingerprint density at radius 2 is 2.28 bits per heavy atom. The Bertz CT molecular complexity index is 536. The summed E-state index contributed by atoms with van der Waals surface area (Å²) in [4.78, 5) is 11.4. The number of tetrazole rings is 1. The van der Waals surface area contributed by atoms with E-state index in [1.54, 1.807) is 11.7 Å². The summed E-state index contributed by atoms with van der Waals surface area (Å²) in [7, 11) is 1.73. The van der Waals surface area contributed by atoms with Crippen LogP contribution in [0.1, 0.15) is 5.56 Å². The van der Waals surface area contributed by atoms with Gasteiger partial charge in [-0.2, -0.15) is 0 Å². The minimum absolute atomic E-state index is 0.0768. The van der Waals surface area contributed by atoms with Gasteiger partial charge in [-0.3, -0.25) is 4.79 Å². The minimum Gasteiger partial charge on any atom is -0.325 e. The second kappa shape index (κ2) is 5.37. The van der Waals surface area contributed by atoms with Gasteiger partial charge in [-0.25, -0.2) is 4.68 Å². The van der Waals surface area contributed by atoms with Crippen LogP contribution in [-0.4, -0.2) is 39.7 Å². The molecule has 0 radical (unpaired) electrons. The van der Waals surface area contributed by atoms with E-state index in [1.807, 2.05) is 25.1 Å². The molecule has 0 saturated heterocycles. The molecule has 0 atom stereocenters. The molecule has 1 aromatic carbocycles. The zero-order chi connectivity index (χ0) is 13.0. The number of nitrogens with zero attached hydrogens (tertiary/aromatic N) is 4. The molecule has 2 aromatic rings. The highest BCUT2D eigenvalue weighted by atomic mass is 16.1. The maximum Gasteiger partial charge on any atom is 0.238 e. The number of likely N-dealkylation sites (N-methyl/N-ethyl adjacent to an activating group) is 1. The van der Waals surface area contributed by atoms with E-state index >= 15 is 0 Å². The molecule has 0 aliphatic heterocycles. The van der Waals surface area contributed by atoms with Crippen molar-refractivity contribution in [3.63, 3.8) is 0 Å². The Balaban J connectivity index is 2.18. The highest BCUT2D eigenvalue weighted by molar-refractivity contribution is 5.92. The minimum atomic E-state index is -0.0768. The van der Waals surface area contributed by atoms with Crippen molar-refractivity contribution in [3.05, 3.63) is 30.1 Å². The number of amides is 1. The molecule has 0 bridgehead atoms. The van der Waals surface area contributed by atoms with Gasteiger partial charge in [-0.15, -0.1) is 5.10 Å². The lowest BCUT2D eigenvalue weighted by Crippen LogP contribution is -2.25. The van der Waals surface area contributed by atoms with Gasteiger partial charge >= 0.3 is 0 Å². The number of carbonyl (C=O) groups excluding carboxylic acids is 1. The lowest BCUT2D eigenvalue weighted by Gasteiger charge is -2.08. The van der Waals surface area contributed by atoms with E-state index in [0.717, 1.165) is 16.9 Å². The van der Waals surface area contributed by atoms with Gasteiger partial charge in [0.15, 0.2) is 0 Å². The first-order valence-electron chi connectivity index (χ1n) is 5.49. The Kier molecular flexibility index (Phi) is 3.63. The predicted octanol–water partition coefficient (Wildman–Crippen LogP) is 0.129. The van der Waals surface area contributed by atoms with Gasteiger partial charge < -0.3 is 10.6 Å². The van der Waals surface area contributed by atoms with E-state index in [1.165, 1.54) is 6.33 Å². The molecule has 0 saturated carbocycles. The summed E-state index contributed by atoms with van der Waals surface area (Å²) in [5, 5.41) is 16.6. The number of nitrogens with one attached hydrogen (secondary N) is 2. The number of rotatable bonds is 4. The molecule has 1 amide bonds. The van der Waals surface area contributed by atoms with Crippen LogP contribution in [0.4, 0.5) is 5.69 Å². The van der Waals surface area contributed by atoms with Crippen LogP contribution in [-0.2, 0) is 4.79 Å². The Labute approximate surface area is 104 Å². The van der Waals surface area contributed by atoms with Crippen molar-refractivity contribution in [1.82, 2.24) is 25.5 Å². The third-order valence-electron chi connectivity index (χ3n) is 2.41. The van der Waals surface area contributed by atoms with Gasteiger partial charge in [-0.05, 0) is 48.2 Å². The van der Waals surface area contributed by atoms with E-state index in [4.69, 9.17) is 0 Å². The van der Waals surface area contributed by atoms with Crippen molar-refractivity contribution in [2.75, 3.05) is 18.9 Å². The van der Waals surface area contributed by atoms with Gasteiger partial charge in [0.2, 0.25) is 5.91 Å². The van der Waals surface area contributed by atoms with E-state index in [0.29, 0.717) is 0 Å². The maximum absolute atomic E-state index is 11.4. The maximum atomic E-state index is 11.4. The largest absolute Gasteiger partial charge is 0.325 e. The Hall–Kier alpha value is -2.28. The molecule has 0 fully saturated rings. The summed E-state index contributed by atoms with van der Waals surface area (Å²) < 4.78 is 1.58. The van der Waals surface area contributed by atoms with Crippen molar-refractivity contribution < 1.29 is 4.79 Å². The Morgan fingerprint density at radius 3 is 2.89 bits per heavy atom. The summed E-state index contributed by atoms with van der Waals surface area (Å²) in [5.41, 5.74) is 2.61. The standard InChI is InChI=1S/C11H14N6O/c1-8-5-9(14-11(18)6-12-2)3-4-10(8)17-7-13-15-16-17/h3-5,7,12H,6H2,1-2H3,(H,14,18). The van der Waals surface area contributed by atoms with Gasteiger partial charge in [0.1, 0.15) is 6.33 Å². The van der Waals surface area contributed by atoms with E-state index in [9.17, 15) is 4.79 Å². The van der Waals surface area contributed by atoms with E-state index in [-0.39, 0.29) is 12.5 Å². The van der Waals surface area contributed by atoms with Crippen molar-refractivity contribution >= 4 is 11.6 Å². The molecule has 0 unspecified atom stereocenters. The fourth-order valence-electron chi connectivity index (χ4n) is 1.63. The van der Waals surface area contributed by atoms with Crippen LogP contribution in [0.2, 0.25) is 0 Å². The molecular formula is C11H14N6O. The van der Waals surface area contributed by atoms with Crippen LogP contribution in [0.15, 0.2) is 24.5 Å². The molecular weight excluding hydrogens is 232 g/mol. The van der Waals surface area contributed by atoms with E-state index in [2.05, 4.69) is 26.2 Å². The average Bonchev–Trinajstić information content (AvgIpc) is 2.82. The number of hydrogen-bond donors (Lipinski definition) is 2. The first kappa shape index (κ1) is 12.2. The SMILES string of the molecule is CNCC(=O)Nc1ccc(-n2cnnn2)c(C)c1.